The van der Waals surface area contributed by atoms with Crippen LogP contribution in [-0.2, 0) is 4.79 Å². The number of pyridine rings is 1. The largest absolute Gasteiger partial charge is 0.481 e. The monoisotopic (exact) mass is 257 g/mol. The molecule has 1 aromatic carbocycles. The maximum atomic E-state index is 10.9. The van der Waals surface area contributed by atoms with Gasteiger partial charge in [0.05, 0.1) is 5.92 Å². The summed E-state index contributed by atoms with van der Waals surface area (Å²) in [7, 11) is 0. The highest BCUT2D eigenvalue weighted by Gasteiger charge is 2.15. The number of carboxylic acid groups (broad SMARTS) is 1. The second kappa shape index (κ2) is 5.52. The number of aromatic nitrogens is 1. The van der Waals surface area contributed by atoms with Crippen LogP contribution >= 0.6 is 0 Å². The summed E-state index contributed by atoms with van der Waals surface area (Å²) < 4.78 is 5.65. The summed E-state index contributed by atoms with van der Waals surface area (Å²) in [6.07, 6.45) is 1.55. The number of para-hydroxylation sites is 1. The summed E-state index contributed by atoms with van der Waals surface area (Å²) in [5.41, 5.74) is 1.49. The molecule has 2 rings (SSSR count). The fourth-order valence-corrected chi connectivity index (χ4v) is 1.67. The van der Waals surface area contributed by atoms with Crippen LogP contribution in [0, 0.1) is 6.92 Å². The lowest BCUT2D eigenvalue weighted by Gasteiger charge is -2.11. The lowest BCUT2D eigenvalue weighted by atomic mass is 10.0. The van der Waals surface area contributed by atoms with Gasteiger partial charge in [0, 0.05) is 11.8 Å². The quantitative estimate of drug-likeness (QED) is 0.912. The minimum atomic E-state index is -0.863. The predicted octanol–water partition coefficient (Wildman–Crippen LogP) is 3.37. The fourth-order valence-electron chi connectivity index (χ4n) is 1.67. The zero-order chi connectivity index (χ0) is 13.8. The molecule has 1 aromatic heterocycles. The van der Waals surface area contributed by atoms with Crippen molar-refractivity contribution in [2.24, 2.45) is 0 Å². The zero-order valence-corrected chi connectivity index (χ0v) is 10.8. The van der Waals surface area contributed by atoms with Crippen molar-refractivity contribution in [3.8, 4) is 11.6 Å². The standard InChI is InChI=1S/C15H15NO3/c1-10-8-12(11(2)15(17)18)9-16-14(10)19-13-6-4-3-5-7-13/h3-9,11H,1-2H3,(H,17,18). The highest BCUT2D eigenvalue weighted by molar-refractivity contribution is 5.75. The summed E-state index contributed by atoms with van der Waals surface area (Å²) in [5.74, 6) is -0.237. The van der Waals surface area contributed by atoms with E-state index in [0.717, 1.165) is 5.56 Å². The van der Waals surface area contributed by atoms with Crippen LogP contribution in [0.1, 0.15) is 24.0 Å². The number of carbonyl (C=O) groups is 1. The molecular weight excluding hydrogens is 242 g/mol. The van der Waals surface area contributed by atoms with Crippen molar-refractivity contribution >= 4 is 5.97 Å². The van der Waals surface area contributed by atoms with Crippen LogP contribution in [0.4, 0.5) is 0 Å². The van der Waals surface area contributed by atoms with Gasteiger partial charge < -0.3 is 9.84 Å². The van der Waals surface area contributed by atoms with Gasteiger partial charge in [-0.3, -0.25) is 4.79 Å². The lowest BCUT2D eigenvalue weighted by molar-refractivity contribution is -0.138. The molecule has 0 saturated carbocycles. The van der Waals surface area contributed by atoms with E-state index in [4.69, 9.17) is 9.84 Å². The van der Waals surface area contributed by atoms with E-state index in [9.17, 15) is 4.79 Å². The van der Waals surface area contributed by atoms with Crippen molar-refractivity contribution in [3.63, 3.8) is 0 Å². The van der Waals surface area contributed by atoms with E-state index < -0.39 is 11.9 Å². The normalized spacial score (nSPS) is 11.9. The molecule has 1 atom stereocenters. The molecule has 1 N–H and O–H groups in total. The summed E-state index contributed by atoms with van der Waals surface area (Å²) in [6, 6.07) is 11.1. The minimum absolute atomic E-state index is 0.493. The Kier molecular flexibility index (Phi) is 3.80. The van der Waals surface area contributed by atoms with Gasteiger partial charge >= 0.3 is 5.97 Å². The van der Waals surface area contributed by atoms with Gasteiger partial charge in [-0.05, 0) is 37.6 Å². The van der Waals surface area contributed by atoms with Gasteiger partial charge in [-0.1, -0.05) is 18.2 Å². The fraction of sp³-hybridized carbons (Fsp3) is 0.200. The number of hydrogen-bond donors (Lipinski definition) is 1. The molecule has 0 radical (unpaired) electrons. The Balaban J connectivity index is 2.23. The van der Waals surface area contributed by atoms with Crippen molar-refractivity contribution in [2.75, 3.05) is 0 Å². The zero-order valence-electron chi connectivity index (χ0n) is 10.8. The molecule has 0 amide bonds. The maximum Gasteiger partial charge on any atom is 0.310 e. The van der Waals surface area contributed by atoms with E-state index in [1.165, 1.54) is 0 Å². The summed E-state index contributed by atoms with van der Waals surface area (Å²) in [4.78, 5) is 15.1. The molecule has 4 nitrogen and oxygen atoms in total. The highest BCUT2D eigenvalue weighted by atomic mass is 16.5. The number of aliphatic carboxylic acids is 1. The van der Waals surface area contributed by atoms with E-state index >= 15 is 0 Å². The van der Waals surface area contributed by atoms with Crippen LogP contribution in [0.3, 0.4) is 0 Å². The van der Waals surface area contributed by atoms with E-state index in [2.05, 4.69) is 4.98 Å². The SMILES string of the molecule is Cc1cc(C(C)C(=O)O)cnc1Oc1ccccc1. The molecule has 19 heavy (non-hydrogen) atoms. The van der Waals surface area contributed by atoms with Crippen molar-refractivity contribution in [3.05, 3.63) is 53.7 Å². The Bertz CT molecular complexity index is 581. The van der Waals surface area contributed by atoms with E-state index in [1.54, 1.807) is 19.2 Å². The number of carboxylic acids is 1. The Morgan fingerprint density at radius 1 is 1.32 bits per heavy atom. The van der Waals surface area contributed by atoms with Gasteiger partial charge in [-0.25, -0.2) is 4.98 Å². The summed E-state index contributed by atoms with van der Waals surface area (Å²) in [6.45, 7) is 3.49. The van der Waals surface area contributed by atoms with E-state index in [1.807, 2.05) is 37.3 Å². The van der Waals surface area contributed by atoms with Gasteiger partial charge in [-0.15, -0.1) is 0 Å². The Hall–Kier alpha value is -2.36. The molecule has 0 aliphatic carbocycles. The Labute approximate surface area is 111 Å². The number of aryl methyl sites for hydroxylation is 1. The molecule has 1 heterocycles. The first-order chi connectivity index (χ1) is 9.08. The molecular formula is C15H15NO3. The molecule has 2 aromatic rings. The average molecular weight is 257 g/mol. The van der Waals surface area contributed by atoms with Gasteiger partial charge in [0.2, 0.25) is 5.88 Å². The second-order valence-corrected chi connectivity index (χ2v) is 4.37. The third kappa shape index (κ3) is 3.10. The molecule has 98 valence electrons. The predicted molar refractivity (Wildman–Crippen MR) is 71.5 cm³/mol. The lowest BCUT2D eigenvalue weighted by Crippen LogP contribution is -2.08. The molecule has 0 spiro atoms. The molecule has 0 saturated heterocycles. The van der Waals surface area contributed by atoms with E-state index in [-0.39, 0.29) is 0 Å². The maximum absolute atomic E-state index is 10.9. The molecule has 4 heteroatoms. The topological polar surface area (TPSA) is 59.4 Å². The van der Waals surface area contributed by atoms with E-state index in [0.29, 0.717) is 17.2 Å². The van der Waals surface area contributed by atoms with Crippen molar-refractivity contribution in [2.45, 2.75) is 19.8 Å². The first kappa shape index (κ1) is 13.1. The van der Waals surface area contributed by atoms with Crippen molar-refractivity contribution < 1.29 is 14.6 Å². The van der Waals surface area contributed by atoms with Gasteiger partial charge in [0.15, 0.2) is 0 Å². The molecule has 0 fully saturated rings. The average Bonchev–Trinajstić information content (AvgIpc) is 2.41. The molecule has 0 aliphatic rings. The first-order valence-corrected chi connectivity index (χ1v) is 6.00. The Morgan fingerprint density at radius 2 is 2.00 bits per heavy atom. The van der Waals surface area contributed by atoms with Crippen LogP contribution < -0.4 is 4.74 Å². The third-order valence-electron chi connectivity index (χ3n) is 2.88. The van der Waals surface area contributed by atoms with Crippen LogP contribution in [-0.4, -0.2) is 16.1 Å². The second-order valence-electron chi connectivity index (χ2n) is 4.37. The smallest absolute Gasteiger partial charge is 0.310 e. The number of nitrogens with zero attached hydrogens (tertiary/aromatic N) is 1. The van der Waals surface area contributed by atoms with Crippen LogP contribution in [0.15, 0.2) is 42.6 Å². The number of benzene rings is 1. The van der Waals surface area contributed by atoms with Gasteiger partial charge in [0.1, 0.15) is 5.75 Å². The van der Waals surface area contributed by atoms with Crippen LogP contribution in [0.2, 0.25) is 0 Å². The van der Waals surface area contributed by atoms with Gasteiger partial charge in [0.25, 0.3) is 0 Å². The number of hydrogen-bond acceptors (Lipinski definition) is 3. The first-order valence-electron chi connectivity index (χ1n) is 6.00. The van der Waals surface area contributed by atoms with Crippen molar-refractivity contribution in [1.82, 2.24) is 4.98 Å². The number of rotatable bonds is 4. The third-order valence-corrected chi connectivity index (χ3v) is 2.88. The van der Waals surface area contributed by atoms with Crippen LogP contribution in [0.25, 0.3) is 0 Å². The molecule has 0 bridgehead atoms. The number of ether oxygens (including phenoxy) is 1. The van der Waals surface area contributed by atoms with Crippen molar-refractivity contribution in [1.29, 1.82) is 0 Å². The molecule has 0 aliphatic heterocycles. The summed E-state index contributed by atoms with van der Waals surface area (Å²) in [5, 5.41) is 8.97. The minimum Gasteiger partial charge on any atom is -0.481 e. The Morgan fingerprint density at radius 3 is 2.58 bits per heavy atom. The highest BCUT2D eigenvalue weighted by Crippen LogP contribution is 2.25. The van der Waals surface area contributed by atoms with Gasteiger partial charge in [-0.2, -0.15) is 0 Å². The van der Waals surface area contributed by atoms with Crippen LogP contribution in [0.5, 0.6) is 11.6 Å². The summed E-state index contributed by atoms with van der Waals surface area (Å²) >= 11 is 0. The molecule has 1 unspecified atom stereocenters.